The molecule has 0 bridgehead atoms. The quantitative estimate of drug-likeness (QED) is 0.630. The van der Waals surface area contributed by atoms with E-state index in [1.54, 1.807) is 42.0 Å². The van der Waals surface area contributed by atoms with Gasteiger partial charge in [-0.15, -0.1) is 0 Å². The van der Waals surface area contributed by atoms with Gasteiger partial charge in [-0.2, -0.15) is 5.10 Å². The van der Waals surface area contributed by atoms with Crippen LogP contribution in [0.3, 0.4) is 0 Å². The number of carbonyl (C=O) groups is 1. The summed E-state index contributed by atoms with van der Waals surface area (Å²) in [5.41, 5.74) is 2.39. The maximum absolute atomic E-state index is 12.6. The maximum atomic E-state index is 12.6. The lowest BCUT2D eigenvalue weighted by atomic mass is 10.1. The van der Waals surface area contributed by atoms with E-state index in [-0.39, 0.29) is 12.5 Å². The van der Waals surface area contributed by atoms with E-state index in [2.05, 4.69) is 21.0 Å². The van der Waals surface area contributed by atoms with Crippen LogP contribution in [0.15, 0.2) is 47.2 Å². The molecule has 3 aromatic rings. The number of aliphatic hydroxyl groups excluding tert-OH is 1. The van der Waals surface area contributed by atoms with E-state index in [4.69, 9.17) is 9.47 Å². The minimum Gasteiger partial charge on any atom is -0.497 e. The average molecular weight is 461 g/mol. The fraction of sp³-hybridized carbons (Fsp3) is 0.300. The third-order valence-corrected chi connectivity index (χ3v) is 5.55. The summed E-state index contributed by atoms with van der Waals surface area (Å²) in [6.07, 6.45) is 2.72. The van der Waals surface area contributed by atoms with Crippen LogP contribution >= 0.6 is 15.9 Å². The van der Waals surface area contributed by atoms with Crippen molar-refractivity contribution >= 4 is 33.0 Å². The molecule has 1 fully saturated rings. The highest BCUT2D eigenvalue weighted by Gasteiger charge is 2.34. The number of benzene rings is 1. The van der Waals surface area contributed by atoms with Crippen molar-refractivity contribution in [3.63, 3.8) is 0 Å². The molecule has 9 heteroatoms. The molecule has 3 heterocycles. The van der Waals surface area contributed by atoms with Crippen LogP contribution in [0.25, 0.3) is 5.52 Å². The highest BCUT2D eigenvalue weighted by molar-refractivity contribution is 9.10. The zero-order chi connectivity index (χ0) is 20.5. The molecule has 29 heavy (non-hydrogen) atoms. The van der Waals surface area contributed by atoms with Crippen LogP contribution in [0.5, 0.6) is 11.5 Å². The van der Waals surface area contributed by atoms with Crippen molar-refractivity contribution in [2.75, 3.05) is 25.7 Å². The number of aromatic nitrogens is 2. The number of amides is 1. The Morgan fingerprint density at radius 3 is 2.83 bits per heavy atom. The first kappa shape index (κ1) is 19.5. The molecular weight excluding hydrogens is 440 g/mol. The van der Waals surface area contributed by atoms with Crippen molar-refractivity contribution in [3.8, 4) is 11.5 Å². The second-order valence-corrected chi connectivity index (χ2v) is 7.61. The number of nitrogens with zero attached hydrogens (tertiary/aromatic N) is 4. The molecule has 1 aliphatic heterocycles. The van der Waals surface area contributed by atoms with E-state index in [0.29, 0.717) is 24.5 Å². The third kappa shape index (κ3) is 3.63. The lowest BCUT2D eigenvalue weighted by Crippen LogP contribution is -2.56. The summed E-state index contributed by atoms with van der Waals surface area (Å²) < 4.78 is 13.3. The summed E-state index contributed by atoms with van der Waals surface area (Å²) in [6, 6.07) is 9.23. The molecule has 1 aromatic carbocycles. The second kappa shape index (κ2) is 7.92. The fourth-order valence-electron chi connectivity index (χ4n) is 3.52. The smallest absolute Gasteiger partial charge is 0.228 e. The first-order valence-corrected chi connectivity index (χ1v) is 9.89. The summed E-state index contributed by atoms with van der Waals surface area (Å²) in [4.78, 5) is 15.8. The largest absolute Gasteiger partial charge is 0.497 e. The molecule has 1 saturated heterocycles. The Morgan fingerprint density at radius 1 is 1.24 bits per heavy atom. The Labute approximate surface area is 176 Å². The van der Waals surface area contributed by atoms with E-state index in [1.807, 2.05) is 24.4 Å². The Balaban J connectivity index is 1.64. The number of rotatable bonds is 5. The minimum atomic E-state index is -1.12. The predicted octanol–water partition coefficient (Wildman–Crippen LogP) is 2.63. The molecule has 1 unspecified atom stereocenters. The van der Waals surface area contributed by atoms with Gasteiger partial charge in [-0.25, -0.2) is 4.52 Å². The molecule has 0 saturated carbocycles. The molecule has 8 nitrogen and oxygen atoms in total. The van der Waals surface area contributed by atoms with Crippen molar-refractivity contribution in [1.29, 1.82) is 0 Å². The van der Waals surface area contributed by atoms with E-state index in [9.17, 15) is 9.90 Å². The molecular formula is C20H21BrN4O4. The highest BCUT2D eigenvalue weighted by Crippen LogP contribution is 2.31. The van der Waals surface area contributed by atoms with Gasteiger partial charge in [0.15, 0.2) is 0 Å². The lowest BCUT2D eigenvalue weighted by Gasteiger charge is -2.41. The standard InChI is InChI=1S/C20H21BrN4O4/c1-28-15-4-3-13(18(10-15)29-2)12-24-19(26)6-7-23(20(24)27)17-11-22-25-8-5-14(21)9-16(17)25/h3-5,8-11,20,27H,6-7,12H2,1-2H3. The maximum Gasteiger partial charge on any atom is 0.228 e. The molecule has 1 aliphatic rings. The zero-order valence-electron chi connectivity index (χ0n) is 16.1. The van der Waals surface area contributed by atoms with Crippen molar-refractivity contribution < 1.29 is 19.4 Å². The van der Waals surface area contributed by atoms with Crippen LogP contribution in [0.2, 0.25) is 0 Å². The van der Waals surface area contributed by atoms with Gasteiger partial charge in [0.2, 0.25) is 12.3 Å². The van der Waals surface area contributed by atoms with Crippen molar-refractivity contribution in [2.24, 2.45) is 0 Å². The summed E-state index contributed by atoms with van der Waals surface area (Å²) >= 11 is 3.47. The number of anilines is 1. The molecule has 1 amide bonds. The van der Waals surface area contributed by atoms with Gasteiger partial charge in [0.05, 0.1) is 38.2 Å². The van der Waals surface area contributed by atoms with Crippen molar-refractivity contribution in [3.05, 3.63) is 52.8 Å². The number of ether oxygens (including phenoxy) is 2. The highest BCUT2D eigenvalue weighted by atomic mass is 79.9. The first-order valence-electron chi connectivity index (χ1n) is 9.10. The Bertz CT molecular complexity index is 1050. The van der Waals surface area contributed by atoms with Gasteiger partial charge >= 0.3 is 0 Å². The summed E-state index contributed by atoms with van der Waals surface area (Å²) in [5, 5.41) is 15.4. The van der Waals surface area contributed by atoms with Crippen LogP contribution in [0.4, 0.5) is 5.69 Å². The van der Waals surface area contributed by atoms with Crippen LogP contribution in [0.1, 0.15) is 12.0 Å². The predicted molar refractivity (Wildman–Crippen MR) is 111 cm³/mol. The Kier molecular flexibility index (Phi) is 5.33. The normalized spacial score (nSPS) is 17.1. The van der Waals surface area contributed by atoms with Crippen LogP contribution in [-0.4, -0.2) is 52.6 Å². The van der Waals surface area contributed by atoms with Crippen LogP contribution < -0.4 is 14.4 Å². The van der Waals surface area contributed by atoms with Crippen molar-refractivity contribution in [2.45, 2.75) is 19.3 Å². The monoisotopic (exact) mass is 460 g/mol. The second-order valence-electron chi connectivity index (χ2n) is 6.69. The van der Waals surface area contributed by atoms with Gasteiger partial charge in [-0.1, -0.05) is 15.9 Å². The van der Waals surface area contributed by atoms with Crippen molar-refractivity contribution in [1.82, 2.24) is 14.5 Å². The lowest BCUT2D eigenvalue weighted by molar-refractivity contribution is -0.146. The van der Waals surface area contributed by atoms with E-state index < -0.39 is 6.35 Å². The molecule has 4 rings (SSSR count). The molecule has 0 spiro atoms. The van der Waals surface area contributed by atoms with Gasteiger partial charge in [-0.05, 0) is 24.3 Å². The van der Waals surface area contributed by atoms with Crippen LogP contribution in [0, 0.1) is 0 Å². The number of hydrogen-bond donors (Lipinski definition) is 1. The van der Waals surface area contributed by atoms with Gasteiger partial charge < -0.3 is 19.5 Å². The van der Waals surface area contributed by atoms with E-state index >= 15 is 0 Å². The van der Waals surface area contributed by atoms with Gasteiger partial charge in [0.25, 0.3) is 0 Å². The topological polar surface area (TPSA) is 79.5 Å². The molecule has 152 valence electrons. The van der Waals surface area contributed by atoms with Gasteiger partial charge in [0, 0.05) is 35.3 Å². The Hall–Kier alpha value is -2.78. The number of pyridine rings is 1. The fourth-order valence-corrected chi connectivity index (χ4v) is 3.85. The molecule has 1 N–H and O–H groups in total. The molecule has 0 radical (unpaired) electrons. The number of hydrogen-bond acceptors (Lipinski definition) is 6. The van der Waals surface area contributed by atoms with E-state index in [1.165, 1.54) is 4.90 Å². The first-order chi connectivity index (χ1) is 14.0. The Morgan fingerprint density at radius 2 is 2.07 bits per heavy atom. The van der Waals surface area contributed by atoms with Gasteiger partial charge in [-0.3, -0.25) is 9.69 Å². The summed E-state index contributed by atoms with van der Waals surface area (Å²) in [5.74, 6) is 1.14. The zero-order valence-corrected chi connectivity index (χ0v) is 17.7. The number of halogens is 1. The number of carbonyl (C=O) groups excluding carboxylic acids is 1. The summed E-state index contributed by atoms with van der Waals surface area (Å²) in [6.45, 7) is 0.622. The molecule has 1 atom stereocenters. The van der Waals surface area contributed by atoms with Gasteiger partial charge in [0.1, 0.15) is 11.5 Å². The summed E-state index contributed by atoms with van der Waals surface area (Å²) in [7, 11) is 3.15. The third-order valence-electron chi connectivity index (χ3n) is 5.05. The SMILES string of the molecule is COc1ccc(CN2C(=O)CCN(c3cnn4ccc(Br)cc34)C2O)c(OC)c1. The molecule has 0 aliphatic carbocycles. The number of aliphatic hydroxyl groups is 1. The minimum absolute atomic E-state index is 0.121. The number of fused-ring (bicyclic) bond motifs is 1. The van der Waals surface area contributed by atoms with E-state index in [0.717, 1.165) is 21.2 Å². The molecule has 2 aromatic heterocycles. The number of methoxy groups -OCH3 is 2. The average Bonchev–Trinajstić information content (AvgIpc) is 3.14. The van der Waals surface area contributed by atoms with Crippen LogP contribution in [-0.2, 0) is 11.3 Å².